The zero-order valence-electron chi connectivity index (χ0n) is 10.6. The lowest BCUT2D eigenvalue weighted by Gasteiger charge is -2.07. The summed E-state index contributed by atoms with van der Waals surface area (Å²) in [5.41, 5.74) is 1.07. The van der Waals surface area contributed by atoms with Crippen molar-refractivity contribution in [3.05, 3.63) is 42.4 Å². The van der Waals surface area contributed by atoms with Gasteiger partial charge < -0.3 is 10.1 Å². The summed E-state index contributed by atoms with van der Waals surface area (Å²) in [4.78, 5) is 20.6. The zero-order chi connectivity index (χ0) is 13.7. The maximum absolute atomic E-state index is 11.4. The molecule has 0 saturated carbocycles. The molecule has 1 N–H and O–H groups in total. The number of carbonyl (C=O) groups is 1. The molecule has 0 aliphatic rings. The molecule has 0 aliphatic carbocycles. The monoisotopic (exact) mass is 275 g/mol. The van der Waals surface area contributed by atoms with E-state index in [0.29, 0.717) is 5.82 Å². The predicted molar refractivity (Wildman–Crippen MR) is 74.9 cm³/mol. The lowest BCUT2D eigenvalue weighted by Crippen LogP contribution is -2.06. The Morgan fingerprint density at radius 3 is 2.95 bits per heavy atom. The Kier molecular flexibility index (Phi) is 4.35. The second-order valence-corrected chi connectivity index (χ2v) is 4.52. The molecule has 0 spiro atoms. The van der Waals surface area contributed by atoms with Gasteiger partial charge in [-0.25, -0.2) is 9.78 Å². The number of hydrogen-bond acceptors (Lipinski definition) is 6. The molecule has 2 aromatic rings. The normalized spacial score (nSPS) is 10.0. The van der Waals surface area contributed by atoms with Crippen LogP contribution in [0.4, 0.5) is 11.5 Å². The average Bonchev–Trinajstić information content (AvgIpc) is 2.47. The first-order valence-corrected chi connectivity index (χ1v) is 6.77. The van der Waals surface area contributed by atoms with Crippen molar-refractivity contribution in [2.45, 2.75) is 4.90 Å². The van der Waals surface area contributed by atoms with Gasteiger partial charge in [-0.3, -0.25) is 4.98 Å². The van der Waals surface area contributed by atoms with Crippen molar-refractivity contribution in [3.63, 3.8) is 0 Å². The number of ether oxygens (including phenoxy) is 1. The highest BCUT2D eigenvalue weighted by molar-refractivity contribution is 7.98. The Morgan fingerprint density at radius 1 is 1.37 bits per heavy atom. The van der Waals surface area contributed by atoms with Crippen molar-refractivity contribution < 1.29 is 9.53 Å². The van der Waals surface area contributed by atoms with Crippen LogP contribution in [0.3, 0.4) is 0 Å². The number of nitrogens with zero attached hydrogens (tertiary/aromatic N) is 2. The summed E-state index contributed by atoms with van der Waals surface area (Å²) in [6, 6.07) is 7.89. The minimum atomic E-state index is -0.506. The molecule has 0 aliphatic heterocycles. The number of anilines is 2. The van der Waals surface area contributed by atoms with Gasteiger partial charge in [0.1, 0.15) is 5.82 Å². The van der Waals surface area contributed by atoms with Gasteiger partial charge in [0.2, 0.25) is 0 Å². The van der Waals surface area contributed by atoms with Gasteiger partial charge in [-0.2, -0.15) is 0 Å². The number of rotatable bonds is 4. The number of carbonyl (C=O) groups excluding carboxylic acids is 1. The third-order valence-corrected chi connectivity index (χ3v) is 3.10. The molecule has 6 heteroatoms. The average molecular weight is 275 g/mol. The van der Waals surface area contributed by atoms with Crippen LogP contribution in [0.25, 0.3) is 0 Å². The van der Waals surface area contributed by atoms with E-state index < -0.39 is 5.97 Å². The molecule has 0 radical (unpaired) electrons. The molecular formula is C13H13N3O2S. The summed E-state index contributed by atoms with van der Waals surface area (Å²) in [5.74, 6) is -0.00447. The van der Waals surface area contributed by atoms with E-state index in [9.17, 15) is 4.79 Å². The first-order valence-electron chi connectivity index (χ1n) is 5.54. The van der Waals surface area contributed by atoms with Gasteiger partial charge in [0.25, 0.3) is 0 Å². The molecule has 1 aromatic carbocycles. The Morgan fingerprint density at radius 2 is 2.21 bits per heavy atom. The van der Waals surface area contributed by atoms with Gasteiger partial charge >= 0.3 is 5.97 Å². The van der Waals surface area contributed by atoms with Gasteiger partial charge in [0.15, 0.2) is 5.69 Å². The number of thioether (sulfide) groups is 1. The van der Waals surface area contributed by atoms with Crippen molar-refractivity contribution >= 4 is 29.2 Å². The summed E-state index contributed by atoms with van der Waals surface area (Å²) < 4.78 is 4.61. The summed E-state index contributed by atoms with van der Waals surface area (Å²) in [6.07, 6.45) is 4.93. The van der Waals surface area contributed by atoms with Gasteiger partial charge in [-0.1, -0.05) is 6.07 Å². The van der Waals surface area contributed by atoms with Crippen LogP contribution in [0.1, 0.15) is 10.5 Å². The van der Waals surface area contributed by atoms with Crippen molar-refractivity contribution in [2.24, 2.45) is 0 Å². The molecule has 2 rings (SSSR count). The fraction of sp³-hybridized carbons (Fsp3) is 0.154. The third kappa shape index (κ3) is 3.45. The quantitative estimate of drug-likeness (QED) is 0.683. The topological polar surface area (TPSA) is 64.1 Å². The SMILES string of the molecule is COC(=O)c1cncc(Nc2cccc(SC)c2)n1. The molecule has 98 valence electrons. The molecule has 0 fully saturated rings. The van der Waals surface area contributed by atoms with E-state index >= 15 is 0 Å². The summed E-state index contributed by atoms with van der Waals surface area (Å²) >= 11 is 1.66. The summed E-state index contributed by atoms with van der Waals surface area (Å²) in [5, 5.41) is 3.10. The lowest BCUT2D eigenvalue weighted by atomic mass is 10.3. The second-order valence-electron chi connectivity index (χ2n) is 3.64. The third-order valence-electron chi connectivity index (χ3n) is 2.37. The molecule has 0 bridgehead atoms. The van der Waals surface area contributed by atoms with E-state index in [4.69, 9.17) is 0 Å². The number of esters is 1. The van der Waals surface area contributed by atoms with Crippen molar-refractivity contribution in [2.75, 3.05) is 18.7 Å². The van der Waals surface area contributed by atoms with E-state index in [0.717, 1.165) is 10.6 Å². The molecule has 0 unspecified atom stereocenters. The van der Waals surface area contributed by atoms with Gasteiger partial charge in [-0.15, -0.1) is 11.8 Å². The number of methoxy groups -OCH3 is 1. The minimum absolute atomic E-state index is 0.175. The van der Waals surface area contributed by atoms with E-state index in [2.05, 4.69) is 20.0 Å². The predicted octanol–water partition coefficient (Wildman–Crippen LogP) is 2.73. The van der Waals surface area contributed by atoms with Crippen molar-refractivity contribution in [1.82, 2.24) is 9.97 Å². The number of benzene rings is 1. The van der Waals surface area contributed by atoms with Gasteiger partial charge in [-0.05, 0) is 24.5 Å². The highest BCUT2D eigenvalue weighted by Gasteiger charge is 2.08. The van der Waals surface area contributed by atoms with Crippen LogP contribution in [-0.4, -0.2) is 29.3 Å². The standard InChI is InChI=1S/C13H13N3O2S/c1-18-13(17)11-7-14-8-12(16-11)15-9-4-3-5-10(6-9)19-2/h3-8H,1-2H3,(H,15,16). The Labute approximate surface area is 115 Å². The fourth-order valence-corrected chi connectivity index (χ4v) is 1.94. The van der Waals surface area contributed by atoms with Crippen molar-refractivity contribution in [1.29, 1.82) is 0 Å². The van der Waals surface area contributed by atoms with Crippen LogP contribution >= 0.6 is 11.8 Å². The Balaban J connectivity index is 2.20. The Hall–Kier alpha value is -2.08. The minimum Gasteiger partial charge on any atom is -0.464 e. The number of hydrogen-bond donors (Lipinski definition) is 1. The molecular weight excluding hydrogens is 262 g/mol. The maximum Gasteiger partial charge on any atom is 0.358 e. The van der Waals surface area contributed by atoms with Crippen LogP contribution in [0, 0.1) is 0 Å². The molecule has 19 heavy (non-hydrogen) atoms. The number of aromatic nitrogens is 2. The first kappa shape index (κ1) is 13.4. The molecule has 0 amide bonds. The van der Waals surface area contributed by atoms with E-state index in [1.165, 1.54) is 13.3 Å². The van der Waals surface area contributed by atoms with Crippen LogP contribution < -0.4 is 5.32 Å². The van der Waals surface area contributed by atoms with E-state index in [-0.39, 0.29) is 5.69 Å². The van der Waals surface area contributed by atoms with E-state index in [1.54, 1.807) is 18.0 Å². The van der Waals surface area contributed by atoms with Crippen LogP contribution in [0.5, 0.6) is 0 Å². The van der Waals surface area contributed by atoms with Crippen LogP contribution in [-0.2, 0) is 4.74 Å². The van der Waals surface area contributed by atoms with Crippen LogP contribution in [0.15, 0.2) is 41.6 Å². The highest BCUT2D eigenvalue weighted by Crippen LogP contribution is 2.21. The van der Waals surface area contributed by atoms with Crippen LogP contribution in [0.2, 0.25) is 0 Å². The first-order chi connectivity index (χ1) is 9.22. The second kappa shape index (κ2) is 6.19. The van der Waals surface area contributed by atoms with Gasteiger partial charge in [0, 0.05) is 10.6 Å². The molecule has 1 heterocycles. The smallest absolute Gasteiger partial charge is 0.358 e. The Bertz CT molecular complexity index is 590. The number of nitrogens with one attached hydrogen (secondary N) is 1. The zero-order valence-corrected chi connectivity index (χ0v) is 11.4. The fourth-order valence-electron chi connectivity index (χ4n) is 1.48. The lowest BCUT2D eigenvalue weighted by molar-refractivity contribution is 0.0593. The highest BCUT2D eigenvalue weighted by atomic mass is 32.2. The molecule has 0 atom stereocenters. The molecule has 0 saturated heterocycles. The summed E-state index contributed by atoms with van der Waals surface area (Å²) in [7, 11) is 1.31. The molecule has 5 nitrogen and oxygen atoms in total. The largest absolute Gasteiger partial charge is 0.464 e. The van der Waals surface area contributed by atoms with E-state index in [1.807, 2.05) is 30.5 Å². The molecule has 1 aromatic heterocycles. The van der Waals surface area contributed by atoms with Crippen molar-refractivity contribution in [3.8, 4) is 0 Å². The summed E-state index contributed by atoms with van der Waals surface area (Å²) in [6.45, 7) is 0. The maximum atomic E-state index is 11.4. The van der Waals surface area contributed by atoms with Gasteiger partial charge in [0.05, 0.1) is 19.5 Å².